The molecule has 0 saturated heterocycles. The summed E-state index contributed by atoms with van der Waals surface area (Å²) in [6.45, 7) is 3.74. The number of aromatic nitrogens is 1. The van der Waals surface area contributed by atoms with Gasteiger partial charge in [0.1, 0.15) is 19.0 Å². The molecule has 0 aliphatic heterocycles. The molecule has 4 rings (SSSR count). The molecule has 0 bridgehead atoms. The minimum absolute atomic E-state index is 0.148. The van der Waals surface area contributed by atoms with Gasteiger partial charge in [-0.1, -0.05) is 17.9 Å². The van der Waals surface area contributed by atoms with Crippen LogP contribution in [-0.4, -0.2) is 38.3 Å². The molecule has 1 aromatic heterocycles. The molecule has 0 atom stereocenters. The number of hydrogen-bond acceptors (Lipinski definition) is 10. The number of hydrogen-bond donors (Lipinski definition) is 0. The third-order valence-corrected chi connectivity index (χ3v) is 5.76. The number of carbonyl (C=O) groups excluding carboxylic acids is 1. The Morgan fingerprint density at radius 1 is 0.917 bits per heavy atom. The maximum atomic E-state index is 11.1. The maximum Gasteiger partial charge on any atom is 0.330 e. The second-order valence-corrected chi connectivity index (χ2v) is 8.68. The van der Waals surface area contributed by atoms with E-state index in [2.05, 4.69) is 32.0 Å². The van der Waals surface area contributed by atoms with Crippen LogP contribution >= 0.6 is 11.3 Å². The number of ether oxygens (including phenoxy) is 2. The summed E-state index contributed by atoms with van der Waals surface area (Å²) in [5.41, 5.74) is 4.09. The molecule has 36 heavy (non-hydrogen) atoms. The molecule has 0 radical (unpaired) electrons. The van der Waals surface area contributed by atoms with E-state index >= 15 is 0 Å². The van der Waals surface area contributed by atoms with Gasteiger partial charge in [-0.3, -0.25) is 0 Å². The zero-order chi connectivity index (χ0) is 25.3. The van der Waals surface area contributed by atoms with Crippen molar-refractivity contribution in [3.8, 4) is 5.75 Å². The fourth-order valence-electron chi connectivity index (χ4n) is 3.01. The average molecular weight is 501 g/mol. The van der Waals surface area contributed by atoms with E-state index in [9.17, 15) is 4.79 Å². The monoisotopic (exact) mass is 500 g/mol. The van der Waals surface area contributed by atoms with Gasteiger partial charge in [0.05, 0.1) is 27.3 Å². The van der Waals surface area contributed by atoms with Gasteiger partial charge in [-0.25, -0.2) is 9.78 Å². The van der Waals surface area contributed by atoms with Gasteiger partial charge in [0.15, 0.2) is 0 Å². The van der Waals surface area contributed by atoms with Crippen LogP contribution in [0.4, 0.5) is 27.9 Å². The summed E-state index contributed by atoms with van der Waals surface area (Å²) in [5, 5.41) is 17.6. The van der Waals surface area contributed by atoms with E-state index in [4.69, 9.17) is 9.47 Å². The highest BCUT2D eigenvalue weighted by Gasteiger charge is 2.06. The van der Waals surface area contributed by atoms with Crippen molar-refractivity contribution in [2.45, 2.75) is 0 Å². The van der Waals surface area contributed by atoms with E-state index in [1.807, 2.05) is 85.7 Å². The molecular weight excluding hydrogens is 476 g/mol. The minimum Gasteiger partial charge on any atom is -0.490 e. The predicted molar refractivity (Wildman–Crippen MR) is 142 cm³/mol. The number of benzene rings is 3. The lowest BCUT2D eigenvalue weighted by Crippen LogP contribution is -2.10. The van der Waals surface area contributed by atoms with Crippen molar-refractivity contribution >= 4 is 55.4 Å². The Hall–Kier alpha value is -4.44. The fraction of sp³-hybridized carbons (Fsp3) is 0.154. The highest BCUT2D eigenvalue weighted by Crippen LogP contribution is 2.32. The molecule has 0 unspecified atom stereocenters. The number of azo groups is 2. The summed E-state index contributed by atoms with van der Waals surface area (Å²) < 4.78 is 11.4. The van der Waals surface area contributed by atoms with Crippen LogP contribution in [-0.2, 0) is 9.53 Å². The number of rotatable bonds is 10. The van der Waals surface area contributed by atoms with Crippen LogP contribution in [0.15, 0.2) is 99.8 Å². The predicted octanol–water partition coefficient (Wildman–Crippen LogP) is 7.30. The highest BCUT2D eigenvalue weighted by molar-refractivity contribution is 7.21. The molecular formula is C26H24N6O3S. The smallest absolute Gasteiger partial charge is 0.330 e. The van der Waals surface area contributed by atoms with Crippen LogP contribution < -0.4 is 9.64 Å². The summed E-state index contributed by atoms with van der Waals surface area (Å²) in [7, 11) is 3.99. The lowest BCUT2D eigenvalue weighted by Gasteiger charge is -2.11. The van der Waals surface area contributed by atoms with Crippen LogP contribution in [0.3, 0.4) is 0 Å². The minimum atomic E-state index is -0.475. The second-order valence-electron chi connectivity index (χ2n) is 7.67. The second kappa shape index (κ2) is 11.8. The molecule has 3 aromatic carbocycles. The normalized spacial score (nSPS) is 11.3. The van der Waals surface area contributed by atoms with Gasteiger partial charge >= 0.3 is 5.97 Å². The van der Waals surface area contributed by atoms with Gasteiger partial charge in [0, 0.05) is 25.9 Å². The average Bonchev–Trinajstić information content (AvgIpc) is 3.31. The number of esters is 1. The van der Waals surface area contributed by atoms with Crippen LogP contribution in [0, 0.1) is 0 Å². The lowest BCUT2D eigenvalue weighted by atomic mass is 10.3. The van der Waals surface area contributed by atoms with E-state index < -0.39 is 5.97 Å². The molecule has 182 valence electrons. The Balaban J connectivity index is 1.34. The summed E-state index contributed by atoms with van der Waals surface area (Å²) in [4.78, 5) is 17.6. The van der Waals surface area contributed by atoms with E-state index in [1.165, 1.54) is 11.3 Å². The van der Waals surface area contributed by atoms with Crippen molar-refractivity contribution in [2.24, 2.45) is 20.5 Å². The van der Waals surface area contributed by atoms with Crippen molar-refractivity contribution in [1.29, 1.82) is 0 Å². The Morgan fingerprint density at radius 3 is 2.14 bits per heavy atom. The first-order chi connectivity index (χ1) is 17.5. The molecule has 0 aliphatic carbocycles. The summed E-state index contributed by atoms with van der Waals surface area (Å²) in [6, 6.07) is 20.7. The molecule has 0 saturated carbocycles. The third-order valence-electron chi connectivity index (χ3n) is 4.86. The van der Waals surface area contributed by atoms with E-state index in [1.54, 1.807) is 0 Å². The molecule has 0 fully saturated rings. The Bertz CT molecular complexity index is 1400. The van der Waals surface area contributed by atoms with Crippen LogP contribution in [0.5, 0.6) is 5.75 Å². The largest absolute Gasteiger partial charge is 0.490 e. The highest BCUT2D eigenvalue weighted by atomic mass is 32.1. The van der Waals surface area contributed by atoms with Gasteiger partial charge in [-0.15, -0.1) is 10.2 Å². The molecule has 1 heterocycles. The van der Waals surface area contributed by atoms with Gasteiger partial charge < -0.3 is 14.4 Å². The fourth-order valence-corrected chi connectivity index (χ4v) is 3.82. The first kappa shape index (κ1) is 24.7. The molecule has 10 heteroatoms. The van der Waals surface area contributed by atoms with Crippen LogP contribution in [0.25, 0.3) is 10.2 Å². The molecule has 0 amide bonds. The number of thiazole rings is 1. The van der Waals surface area contributed by atoms with Gasteiger partial charge in [-0.2, -0.15) is 10.2 Å². The summed E-state index contributed by atoms with van der Waals surface area (Å²) in [6.07, 6.45) is 1.12. The summed E-state index contributed by atoms with van der Waals surface area (Å²) in [5.74, 6) is 0.180. The number of anilines is 1. The zero-order valence-electron chi connectivity index (χ0n) is 19.9. The Kier molecular flexibility index (Phi) is 8.09. The van der Waals surface area contributed by atoms with E-state index in [0.29, 0.717) is 16.6 Å². The van der Waals surface area contributed by atoms with E-state index in [-0.39, 0.29) is 13.2 Å². The number of nitrogens with zero attached hydrogens (tertiary/aromatic N) is 6. The van der Waals surface area contributed by atoms with Crippen molar-refractivity contribution in [1.82, 2.24) is 4.98 Å². The molecule has 4 aromatic rings. The maximum absolute atomic E-state index is 11.1. The standard InChI is InChI=1S/C26H24N6O3S/c1-4-25(33)35-16-15-34-22-13-14-23-24(17-22)36-26(27-23)31-30-19-7-5-18(6-8-19)28-29-20-9-11-21(12-10-20)32(2)3/h4-14,17H,1,15-16H2,2-3H3/b29-28+,31-30+. The third kappa shape index (κ3) is 6.80. The first-order valence-corrected chi connectivity index (χ1v) is 11.9. The van der Waals surface area contributed by atoms with Crippen LogP contribution in [0.2, 0.25) is 0 Å². The number of carbonyl (C=O) groups is 1. The van der Waals surface area contributed by atoms with Crippen molar-refractivity contribution in [3.63, 3.8) is 0 Å². The topological polar surface area (TPSA) is 101 Å². The van der Waals surface area contributed by atoms with Gasteiger partial charge in [0.2, 0.25) is 5.13 Å². The Labute approximate surface area is 212 Å². The molecule has 0 aliphatic rings. The van der Waals surface area contributed by atoms with Crippen molar-refractivity contribution in [3.05, 3.63) is 79.4 Å². The Morgan fingerprint density at radius 2 is 1.53 bits per heavy atom. The number of fused-ring (bicyclic) bond motifs is 1. The quantitative estimate of drug-likeness (QED) is 0.0984. The molecule has 0 spiro atoms. The van der Waals surface area contributed by atoms with Gasteiger partial charge in [-0.05, 0) is 66.7 Å². The first-order valence-electron chi connectivity index (χ1n) is 11.0. The molecule has 9 nitrogen and oxygen atoms in total. The van der Waals surface area contributed by atoms with Crippen molar-refractivity contribution < 1.29 is 14.3 Å². The lowest BCUT2D eigenvalue weighted by molar-refractivity contribution is -0.138. The van der Waals surface area contributed by atoms with E-state index in [0.717, 1.165) is 33.4 Å². The van der Waals surface area contributed by atoms with Gasteiger partial charge in [0.25, 0.3) is 0 Å². The SMILES string of the molecule is C=CC(=O)OCCOc1ccc2nc(/N=N/c3ccc(/N=N/c4ccc(N(C)C)cc4)cc3)sc2c1. The zero-order valence-corrected chi connectivity index (χ0v) is 20.7. The molecule has 0 N–H and O–H groups in total. The summed E-state index contributed by atoms with van der Waals surface area (Å²) >= 11 is 1.40. The van der Waals surface area contributed by atoms with Crippen molar-refractivity contribution in [2.75, 3.05) is 32.2 Å². The van der Waals surface area contributed by atoms with Crippen LogP contribution in [0.1, 0.15) is 0 Å².